The third-order valence-corrected chi connectivity index (χ3v) is 7.99. The van der Waals surface area contributed by atoms with Gasteiger partial charge in [0.15, 0.2) is 11.3 Å². The van der Waals surface area contributed by atoms with Crippen LogP contribution in [-0.4, -0.2) is 28.2 Å². The average molecular weight is 447 g/mol. The Balaban J connectivity index is 1.77. The van der Waals surface area contributed by atoms with Gasteiger partial charge < -0.3 is 19.6 Å². The second-order valence-corrected chi connectivity index (χ2v) is 9.29. The zero-order valence-corrected chi connectivity index (χ0v) is 20.2. The van der Waals surface area contributed by atoms with Crippen molar-refractivity contribution in [3.8, 4) is 0 Å². The molecule has 0 spiro atoms. The van der Waals surface area contributed by atoms with E-state index in [9.17, 15) is 0 Å². The predicted octanol–water partition coefficient (Wildman–Crippen LogP) is 5.86. The van der Waals surface area contributed by atoms with Gasteiger partial charge in [-0.05, 0) is 24.3 Å². The summed E-state index contributed by atoms with van der Waals surface area (Å²) in [5, 5.41) is 0. The molecule has 0 unspecified atom stereocenters. The van der Waals surface area contributed by atoms with Crippen LogP contribution in [0.3, 0.4) is 0 Å². The van der Waals surface area contributed by atoms with Crippen LogP contribution in [-0.2, 0) is 11.3 Å². The molecule has 0 bridgehead atoms. The second kappa shape index (κ2) is 7.29. The summed E-state index contributed by atoms with van der Waals surface area (Å²) in [6, 6.07) is 39.4. The molecule has 4 aromatic carbocycles. The van der Waals surface area contributed by atoms with Gasteiger partial charge in [-0.1, -0.05) is 84.9 Å². The summed E-state index contributed by atoms with van der Waals surface area (Å²) in [4.78, 5) is 9.90. The number of para-hydroxylation sites is 4. The first-order chi connectivity index (χ1) is 16.6. The minimum atomic E-state index is -0.568. The molecule has 34 heavy (non-hydrogen) atoms. The Hall–Kier alpha value is -3.92. The van der Waals surface area contributed by atoms with E-state index in [4.69, 9.17) is 0 Å². The van der Waals surface area contributed by atoms with Gasteiger partial charge in [0, 0.05) is 39.3 Å². The molecule has 0 saturated heterocycles. The van der Waals surface area contributed by atoms with Gasteiger partial charge in [-0.15, -0.1) is 0 Å². The standard InChI is InChI=1S/C30H30N4/c1-31-25-19-11-12-20-26(25)32(2)29(31,23-15-7-5-8-16-23)30(24-17-9-6-10-18-24)33(3)27-21-13-14-22-28(27)34(30)4/h5-22H,1-4H3. The van der Waals surface area contributed by atoms with Crippen molar-refractivity contribution in [2.75, 3.05) is 47.8 Å². The van der Waals surface area contributed by atoms with Crippen LogP contribution in [0.25, 0.3) is 0 Å². The van der Waals surface area contributed by atoms with Crippen molar-refractivity contribution in [3.05, 3.63) is 120 Å². The zero-order valence-electron chi connectivity index (χ0n) is 20.2. The molecule has 0 N–H and O–H groups in total. The monoisotopic (exact) mass is 446 g/mol. The Labute approximate surface area is 202 Å². The van der Waals surface area contributed by atoms with Crippen molar-refractivity contribution < 1.29 is 0 Å². The highest BCUT2D eigenvalue weighted by Gasteiger charge is 2.69. The molecule has 2 aliphatic heterocycles. The third kappa shape index (κ3) is 2.28. The maximum atomic E-state index is 2.48. The van der Waals surface area contributed by atoms with Crippen molar-refractivity contribution >= 4 is 22.7 Å². The van der Waals surface area contributed by atoms with Gasteiger partial charge in [0.1, 0.15) is 0 Å². The molecule has 0 amide bonds. The maximum absolute atomic E-state index is 2.48. The van der Waals surface area contributed by atoms with E-state index in [1.165, 1.54) is 33.9 Å². The van der Waals surface area contributed by atoms with Crippen molar-refractivity contribution in [1.82, 2.24) is 0 Å². The van der Waals surface area contributed by atoms with Crippen molar-refractivity contribution in [2.24, 2.45) is 0 Å². The summed E-state index contributed by atoms with van der Waals surface area (Å²) in [6.45, 7) is 0. The van der Waals surface area contributed by atoms with E-state index in [1.54, 1.807) is 0 Å². The van der Waals surface area contributed by atoms with Crippen molar-refractivity contribution in [2.45, 2.75) is 11.3 Å². The first-order valence-electron chi connectivity index (χ1n) is 11.8. The Bertz CT molecular complexity index is 1170. The van der Waals surface area contributed by atoms with Crippen LogP contribution in [0.1, 0.15) is 11.1 Å². The number of rotatable bonds is 3. The minimum Gasteiger partial charge on any atom is -0.342 e. The normalized spacial score (nSPS) is 17.6. The van der Waals surface area contributed by atoms with Crippen molar-refractivity contribution in [1.29, 1.82) is 0 Å². The fourth-order valence-electron chi connectivity index (χ4n) is 6.66. The molecule has 170 valence electrons. The summed E-state index contributed by atoms with van der Waals surface area (Å²) >= 11 is 0. The van der Waals surface area contributed by atoms with Gasteiger partial charge in [0.25, 0.3) is 0 Å². The van der Waals surface area contributed by atoms with Gasteiger partial charge in [0.05, 0.1) is 22.7 Å². The molecule has 6 rings (SSSR count). The van der Waals surface area contributed by atoms with Crippen LogP contribution in [0.5, 0.6) is 0 Å². The maximum Gasteiger partial charge on any atom is 0.187 e. The number of nitrogens with zero attached hydrogens (tertiary/aromatic N) is 4. The first-order valence-corrected chi connectivity index (χ1v) is 11.8. The fraction of sp³-hybridized carbons (Fsp3) is 0.200. The lowest BCUT2D eigenvalue weighted by Crippen LogP contribution is -2.74. The molecule has 0 aliphatic carbocycles. The molecule has 4 nitrogen and oxygen atoms in total. The minimum absolute atomic E-state index is 0.568. The van der Waals surface area contributed by atoms with Gasteiger partial charge >= 0.3 is 0 Å². The molecular formula is C30H30N4. The summed E-state index contributed by atoms with van der Waals surface area (Å²) in [5.74, 6) is 0. The first kappa shape index (κ1) is 20.7. The Morgan fingerprint density at radius 3 is 0.853 bits per heavy atom. The summed E-state index contributed by atoms with van der Waals surface area (Å²) in [6.07, 6.45) is 0. The van der Waals surface area contributed by atoms with Gasteiger partial charge in [-0.2, -0.15) is 0 Å². The Morgan fingerprint density at radius 1 is 0.353 bits per heavy atom. The van der Waals surface area contributed by atoms with Crippen LogP contribution in [0.2, 0.25) is 0 Å². The highest BCUT2D eigenvalue weighted by molar-refractivity contribution is 5.87. The molecule has 4 heteroatoms. The number of likely N-dealkylation sites (N-methyl/N-ethyl adjacent to an activating group) is 4. The summed E-state index contributed by atoms with van der Waals surface area (Å²) in [7, 11) is 8.96. The highest BCUT2D eigenvalue weighted by atomic mass is 15.6. The summed E-state index contributed by atoms with van der Waals surface area (Å²) in [5.41, 5.74) is 6.25. The van der Waals surface area contributed by atoms with Gasteiger partial charge in [-0.3, -0.25) is 0 Å². The molecule has 0 radical (unpaired) electrons. The van der Waals surface area contributed by atoms with Crippen LogP contribution < -0.4 is 19.6 Å². The molecule has 0 saturated carbocycles. The molecule has 2 aliphatic rings. The molecule has 0 fully saturated rings. The zero-order chi connectivity index (χ0) is 23.5. The smallest absolute Gasteiger partial charge is 0.187 e. The number of benzene rings is 4. The number of fused-ring (bicyclic) bond motifs is 2. The lowest BCUT2D eigenvalue weighted by molar-refractivity contribution is 0.217. The quantitative estimate of drug-likeness (QED) is 0.390. The van der Waals surface area contributed by atoms with Crippen molar-refractivity contribution in [3.63, 3.8) is 0 Å². The number of hydrogen-bond acceptors (Lipinski definition) is 4. The van der Waals surface area contributed by atoms with Crippen LogP contribution in [0.4, 0.5) is 22.7 Å². The van der Waals surface area contributed by atoms with Crippen LogP contribution in [0, 0.1) is 0 Å². The van der Waals surface area contributed by atoms with Gasteiger partial charge in [-0.25, -0.2) is 0 Å². The third-order valence-electron chi connectivity index (χ3n) is 7.99. The van der Waals surface area contributed by atoms with E-state index in [0.29, 0.717) is 0 Å². The average Bonchev–Trinajstić information content (AvgIpc) is 3.26. The topological polar surface area (TPSA) is 13.0 Å². The van der Waals surface area contributed by atoms with E-state index in [-0.39, 0.29) is 0 Å². The lowest BCUT2D eigenvalue weighted by Gasteiger charge is -2.60. The number of anilines is 4. The summed E-state index contributed by atoms with van der Waals surface area (Å²) < 4.78 is 0. The lowest BCUT2D eigenvalue weighted by atomic mass is 9.77. The highest BCUT2D eigenvalue weighted by Crippen LogP contribution is 2.63. The van der Waals surface area contributed by atoms with E-state index in [2.05, 4.69) is 157 Å². The molecule has 4 aromatic rings. The number of hydrogen-bond donors (Lipinski definition) is 0. The fourth-order valence-corrected chi connectivity index (χ4v) is 6.66. The van der Waals surface area contributed by atoms with E-state index >= 15 is 0 Å². The predicted molar refractivity (Wildman–Crippen MR) is 143 cm³/mol. The Morgan fingerprint density at radius 2 is 0.588 bits per heavy atom. The SMILES string of the molecule is CN1c2ccccc2N(C)C1(c1ccccc1)C1(c2ccccc2)N(C)c2ccccc2N1C. The second-order valence-electron chi connectivity index (χ2n) is 9.29. The molecule has 0 atom stereocenters. The van der Waals surface area contributed by atoms with Crippen LogP contribution in [0.15, 0.2) is 109 Å². The molecular weight excluding hydrogens is 416 g/mol. The van der Waals surface area contributed by atoms with Crippen LogP contribution >= 0.6 is 0 Å². The van der Waals surface area contributed by atoms with Gasteiger partial charge in [0.2, 0.25) is 0 Å². The molecule has 0 aromatic heterocycles. The van der Waals surface area contributed by atoms with E-state index in [1.807, 2.05) is 0 Å². The van der Waals surface area contributed by atoms with E-state index in [0.717, 1.165) is 0 Å². The largest absolute Gasteiger partial charge is 0.342 e. The Kier molecular flexibility index (Phi) is 4.43. The van der Waals surface area contributed by atoms with E-state index < -0.39 is 11.3 Å². The molecule has 2 heterocycles.